The monoisotopic (exact) mass is 388 g/mol. The molecule has 1 atom stereocenters. The molecule has 2 aromatic carbocycles. The van der Waals surface area contributed by atoms with Gasteiger partial charge in [-0.15, -0.1) is 11.8 Å². The fourth-order valence-corrected chi connectivity index (χ4v) is 3.67. The zero-order valence-electron chi connectivity index (χ0n) is 14.1. The van der Waals surface area contributed by atoms with E-state index in [0.717, 1.165) is 5.56 Å². The summed E-state index contributed by atoms with van der Waals surface area (Å²) >= 11 is 6.98. The van der Waals surface area contributed by atoms with Crippen molar-refractivity contribution in [2.24, 2.45) is 0 Å². The molecule has 0 aromatic heterocycles. The maximum absolute atomic E-state index is 12.5. The van der Waals surface area contributed by atoms with Crippen molar-refractivity contribution in [1.82, 2.24) is 0 Å². The van der Waals surface area contributed by atoms with Gasteiger partial charge in [-0.2, -0.15) is 0 Å². The lowest BCUT2D eigenvalue weighted by Gasteiger charge is -2.15. The maximum Gasteiger partial charge on any atom is 0.247 e. The molecular weight excluding hydrogens is 372 g/mol. The molecule has 134 valence electrons. The molecule has 0 saturated carbocycles. The minimum Gasteiger partial charge on any atom is -0.325 e. The van der Waals surface area contributed by atoms with Crippen LogP contribution in [0.4, 0.5) is 11.4 Å². The zero-order valence-corrected chi connectivity index (χ0v) is 15.6. The number of imide groups is 1. The number of halogens is 1. The molecule has 1 saturated heterocycles. The second-order valence-electron chi connectivity index (χ2n) is 5.96. The average molecular weight is 389 g/mol. The van der Waals surface area contributed by atoms with Gasteiger partial charge in [-0.1, -0.05) is 29.3 Å². The van der Waals surface area contributed by atoms with E-state index in [4.69, 9.17) is 11.6 Å². The average Bonchev–Trinajstić information content (AvgIpc) is 2.90. The molecule has 1 heterocycles. The first kappa shape index (κ1) is 18.5. The van der Waals surface area contributed by atoms with Crippen LogP contribution in [0.1, 0.15) is 12.0 Å². The minimum atomic E-state index is -0.542. The highest BCUT2D eigenvalue weighted by molar-refractivity contribution is 8.01. The van der Waals surface area contributed by atoms with Gasteiger partial charge in [-0.05, 0) is 43.3 Å². The van der Waals surface area contributed by atoms with E-state index in [1.165, 1.54) is 16.7 Å². The molecule has 5 nitrogen and oxygen atoms in total. The van der Waals surface area contributed by atoms with Crippen LogP contribution in [0.5, 0.6) is 0 Å². The second-order valence-corrected chi connectivity index (χ2v) is 7.59. The molecule has 3 amide bonds. The number of aryl methyl sites for hydroxylation is 1. The first-order valence-electron chi connectivity index (χ1n) is 8.04. The van der Waals surface area contributed by atoms with Crippen molar-refractivity contribution >= 4 is 52.5 Å². The van der Waals surface area contributed by atoms with Crippen LogP contribution in [0.25, 0.3) is 0 Å². The molecule has 0 spiro atoms. The molecule has 7 heteroatoms. The Balaban J connectivity index is 1.57. The van der Waals surface area contributed by atoms with Gasteiger partial charge in [0.05, 0.1) is 16.7 Å². The number of rotatable bonds is 5. The summed E-state index contributed by atoms with van der Waals surface area (Å²) in [6.07, 6.45) is 0.103. The SMILES string of the molecule is Cc1ccc(N2C(=O)CC(SCC(=O)Nc3ccc(Cl)cc3)C2=O)cc1. The summed E-state index contributed by atoms with van der Waals surface area (Å²) in [6, 6.07) is 14.0. The quantitative estimate of drug-likeness (QED) is 0.794. The lowest BCUT2D eigenvalue weighted by molar-refractivity contribution is -0.121. The Hall–Kier alpha value is -2.31. The number of carbonyl (C=O) groups is 3. The van der Waals surface area contributed by atoms with E-state index in [1.54, 1.807) is 36.4 Å². The van der Waals surface area contributed by atoms with Crippen LogP contribution in [0.15, 0.2) is 48.5 Å². The van der Waals surface area contributed by atoms with Gasteiger partial charge in [0, 0.05) is 17.1 Å². The normalized spacial score (nSPS) is 16.8. The number of amides is 3. The van der Waals surface area contributed by atoms with Gasteiger partial charge in [0.1, 0.15) is 0 Å². The fraction of sp³-hybridized carbons (Fsp3) is 0.211. The van der Waals surface area contributed by atoms with E-state index in [0.29, 0.717) is 16.4 Å². The van der Waals surface area contributed by atoms with Gasteiger partial charge in [0.2, 0.25) is 17.7 Å². The second kappa shape index (κ2) is 7.93. The van der Waals surface area contributed by atoms with Gasteiger partial charge in [-0.25, -0.2) is 4.90 Å². The van der Waals surface area contributed by atoms with Gasteiger partial charge in [0.25, 0.3) is 0 Å². The molecule has 0 bridgehead atoms. The molecule has 0 aliphatic carbocycles. The lowest BCUT2D eigenvalue weighted by Crippen LogP contribution is -2.31. The number of anilines is 2. The van der Waals surface area contributed by atoms with Crippen LogP contribution in [0.2, 0.25) is 5.02 Å². The highest BCUT2D eigenvalue weighted by atomic mass is 35.5. The first-order chi connectivity index (χ1) is 12.4. The number of nitrogens with zero attached hydrogens (tertiary/aromatic N) is 1. The molecule has 26 heavy (non-hydrogen) atoms. The predicted molar refractivity (Wildman–Crippen MR) is 105 cm³/mol. The number of thioether (sulfide) groups is 1. The maximum atomic E-state index is 12.5. The van der Waals surface area contributed by atoms with Crippen molar-refractivity contribution in [2.45, 2.75) is 18.6 Å². The van der Waals surface area contributed by atoms with Crippen molar-refractivity contribution in [3.8, 4) is 0 Å². The first-order valence-corrected chi connectivity index (χ1v) is 9.47. The van der Waals surface area contributed by atoms with Crippen LogP contribution < -0.4 is 10.2 Å². The highest BCUT2D eigenvalue weighted by Crippen LogP contribution is 2.29. The molecule has 1 aliphatic rings. The molecule has 2 aromatic rings. The lowest BCUT2D eigenvalue weighted by atomic mass is 10.2. The smallest absolute Gasteiger partial charge is 0.247 e. The van der Waals surface area contributed by atoms with Gasteiger partial charge >= 0.3 is 0 Å². The van der Waals surface area contributed by atoms with Gasteiger partial charge in [0.15, 0.2) is 0 Å². The van der Waals surface area contributed by atoms with Crippen molar-refractivity contribution in [3.05, 3.63) is 59.1 Å². The summed E-state index contributed by atoms with van der Waals surface area (Å²) in [5, 5.41) is 2.78. The van der Waals surface area contributed by atoms with E-state index in [1.807, 2.05) is 19.1 Å². The number of carbonyl (C=O) groups excluding carboxylic acids is 3. The summed E-state index contributed by atoms with van der Waals surface area (Å²) < 4.78 is 0. The fourth-order valence-electron chi connectivity index (χ4n) is 2.61. The molecule has 1 unspecified atom stereocenters. The van der Waals surface area contributed by atoms with Crippen molar-refractivity contribution < 1.29 is 14.4 Å². The minimum absolute atomic E-state index is 0.0913. The van der Waals surface area contributed by atoms with Crippen LogP contribution >= 0.6 is 23.4 Å². The van der Waals surface area contributed by atoms with E-state index < -0.39 is 5.25 Å². The van der Waals surface area contributed by atoms with Crippen LogP contribution in [-0.4, -0.2) is 28.7 Å². The third-order valence-corrected chi connectivity index (χ3v) is 5.39. The van der Waals surface area contributed by atoms with E-state index in [9.17, 15) is 14.4 Å². The summed E-state index contributed by atoms with van der Waals surface area (Å²) in [6.45, 7) is 1.94. The van der Waals surface area contributed by atoms with Crippen molar-refractivity contribution in [3.63, 3.8) is 0 Å². The third kappa shape index (κ3) is 4.26. The summed E-state index contributed by atoms with van der Waals surface area (Å²) in [5.74, 6) is -0.655. The molecule has 1 N–H and O–H groups in total. The molecular formula is C19H17ClN2O3S. The molecule has 3 rings (SSSR count). The van der Waals surface area contributed by atoms with Crippen LogP contribution in [0, 0.1) is 6.92 Å². The van der Waals surface area contributed by atoms with Crippen LogP contribution in [-0.2, 0) is 14.4 Å². The third-order valence-electron chi connectivity index (χ3n) is 3.94. The predicted octanol–water partition coefficient (Wildman–Crippen LogP) is 3.65. The largest absolute Gasteiger partial charge is 0.325 e. The zero-order chi connectivity index (χ0) is 18.7. The van der Waals surface area contributed by atoms with Crippen molar-refractivity contribution in [2.75, 3.05) is 16.0 Å². The Bertz CT molecular complexity index is 837. The standard InChI is InChI=1S/C19H17ClN2O3S/c1-12-2-8-15(9-3-12)22-18(24)10-16(19(22)25)26-11-17(23)21-14-6-4-13(20)5-7-14/h2-9,16H,10-11H2,1H3,(H,21,23). The Morgan fingerprint density at radius 1 is 1.15 bits per heavy atom. The molecule has 1 fully saturated rings. The van der Waals surface area contributed by atoms with Crippen molar-refractivity contribution in [1.29, 1.82) is 0 Å². The number of nitrogens with one attached hydrogen (secondary N) is 1. The van der Waals surface area contributed by atoms with E-state index in [-0.39, 0.29) is 29.9 Å². The molecule has 0 radical (unpaired) electrons. The topological polar surface area (TPSA) is 66.5 Å². The van der Waals surface area contributed by atoms with Gasteiger partial charge in [-0.3, -0.25) is 14.4 Å². The summed E-state index contributed by atoms with van der Waals surface area (Å²) in [7, 11) is 0. The summed E-state index contributed by atoms with van der Waals surface area (Å²) in [5.41, 5.74) is 2.26. The number of benzene rings is 2. The van der Waals surface area contributed by atoms with E-state index >= 15 is 0 Å². The Labute approximate surface area is 160 Å². The van der Waals surface area contributed by atoms with Crippen LogP contribution in [0.3, 0.4) is 0 Å². The molecule has 1 aliphatic heterocycles. The Kier molecular flexibility index (Phi) is 5.64. The van der Waals surface area contributed by atoms with E-state index in [2.05, 4.69) is 5.32 Å². The Morgan fingerprint density at radius 3 is 2.46 bits per heavy atom. The number of hydrogen-bond acceptors (Lipinski definition) is 4. The summed E-state index contributed by atoms with van der Waals surface area (Å²) in [4.78, 5) is 38.0. The highest BCUT2D eigenvalue weighted by Gasteiger charge is 2.39. The van der Waals surface area contributed by atoms with Gasteiger partial charge < -0.3 is 5.32 Å². The Morgan fingerprint density at radius 2 is 1.81 bits per heavy atom. The number of hydrogen-bond donors (Lipinski definition) is 1.